The van der Waals surface area contributed by atoms with E-state index in [-0.39, 0.29) is 16.9 Å². The van der Waals surface area contributed by atoms with Crippen LogP contribution in [0.3, 0.4) is 0 Å². The summed E-state index contributed by atoms with van der Waals surface area (Å²) in [5, 5.41) is 4.51. The Labute approximate surface area is 152 Å². The van der Waals surface area contributed by atoms with Crippen LogP contribution in [-0.2, 0) is 12.0 Å². The number of hydrogen-bond acceptors (Lipinski definition) is 5. The second-order valence-corrected chi connectivity index (χ2v) is 7.63. The molecule has 8 nitrogen and oxygen atoms in total. The second kappa shape index (κ2) is 7.41. The number of nitrogens with one attached hydrogen (secondary N) is 1. The van der Waals surface area contributed by atoms with E-state index in [1.54, 1.807) is 23.0 Å². The van der Waals surface area contributed by atoms with E-state index in [1.807, 2.05) is 4.90 Å². The van der Waals surface area contributed by atoms with Crippen LogP contribution in [0.1, 0.15) is 37.0 Å². The summed E-state index contributed by atoms with van der Waals surface area (Å²) >= 11 is 0. The SMILES string of the molecule is CC(C)(C)c1ccc(=O)n(CCN2CCN(C(=O)c3cnc[nH]3)CC2)n1. The lowest BCUT2D eigenvalue weighted by molar-refractivity contribution is 0.0626. The highest BCUT2D eigenvalue weighted by Crippen LogP contribution is 2.18. The number of H-pyrrole nitrogens is 1. The lowest BCUT2D eigenvalue weighted by atomic mass is 9.92. The molecule has 0 spiro atoms. The molecule has 0 bridgehead atoms. The molecule has 2 aromatic rings. The highest BCUT2D eigenvalue weighted by Gasteiger charge is 2.23. The van der Waals surface area contributed by atoms with Crippen LogP contribution in [0.15, 0.2) is 29.5 Å². The van der Waals surface area contributed by atoms with E-state index in [1.165, 1.54) is 6.33 Å². The van der Waals surface area contributed by atoms with Gasteiger partial charge in [-0.3, -0.25) is 14.5 Å². The number of aromatic amines is 1. The van der Waals surface area contributed by atoms with Gasteiger partial charge in [-0.25, -0.2) is 9.67 Å². The minimum atomic E-state index is -0.0892. The van der Waals surface area contributed by atoms with Gasteiger partial charge in [0.25, 0.3) is 11.5 Å². The first-order valence-electron chi connectivity index (χ1n) is 8.93. The molecule has 26 heavy (non-hydrogen) atoms. The molecular formula is C18H26N6O2. The summed E-state index contributed by atoms with van der Waals surface area (Å²) in [5.74, 6) is -0.0158. The van der Waals surface area contributed by atoms with E-state index < -0.39 is 0 Å². The van der Waals surface area contributed by atoms with E-state index in [9.17, 15) is 9.59 Å². The zero-order valence-electron chi connectivity index (χ0n) is 15.6. The van der Waals surface area contributed by atoms with Crippen LogP contribution >= 0.6 is 0 Å². The number of carbonyl (C=O) groups is 1. The number of hydrogen-bond donors (Lipinski definition) is 1. The standard InChI is InChI=1S/C18H26N6O2/c1-18(2,3)15-4-5-16(25)24(21-15)11-8-22-6-9-23(10-7-22)17(26)14-12-19-13-20-14/h4-5,12-13H,6-11H2,1-3H3,(H,19,20). The predicted octanol–water partition coefficient (Wildman–Crippen LogP) is 0.722. The molecule has 1 N–H and O–H groups in total. The zero-order chi connectivity index (χ0) is 18.7. The maximum absolute atomic E-state index is 12.3. The Balaban J connectivity index is 1.54. The highest BCUT2D eigenvalue weighted by atomic mass is 16.2. The Morgan fingerprint density at radius 3 is 2.50 bits per heavy atom. The van der Waals surface area contributed by atoms with Gasteiger partial charge in [0.1, 0.15) is 5.69 Å². The van der Waals surface area contributed by atoms with Crippen LogP contribution in [0.25, 0.3) is 0 Å². The highest BCUT2D eigenvalue weighted by molar-refractivity contribution is 5.92. The van der Waals surface area contributed by atoms with Crippen LogP contribution in [0.5, 0.6) is 0 Å². The van der Waals surface area contributed by atoms with Crippen LogP contribution in [-0.4, -0.2) is 68.2 Å². The topological polar surface area (TPSA) is 87.1 Å². The molecule has 0 aromatic carbocycles. The Kier molecular flexibility index (Phi) is 5.22. The largest absolute Gasteiger partial charge is 0.341 e. The van der Waals surface area contributed by atoms with Gasteiger partial charge in [-0.05, 0) is 6.07 Å². The van der Waals surface area contributed by atoms with Crippen molar-refractivity contribution in [3.05, 3.63) is 46.4 Å². The van der Waals surface area contributed by atoms with Gasteiger partial charge < -0.3 is 9.88 Å². The predicted molar refractivity (Wildman–Crippen MR) is 98.1 cm³/mol. The van der Waals surface area contributed by atoms with E-state index in [0.717, 1.165) is 25.3 Å². The third-order valence-corrected chi connectivity index (χ3v) is 4.65. The molecule has 0 aliphatic carbocycles. The van der Waals surface area contributed by atoms with E-state index in [0.29, 0.717) is 25.3 Å². The van der Waals surface area contributed by atoms with Gasteiger partial charge in [0.05, 0.1) is 24.8 Å². The van der Waals surface area contributed by atoms with E-state index in [2.05, 4.69) is 40.7 Å². The molecule has 0 saturated carbocycles. The van der Waals surface area contributed by atoms with Gasteiger partial charge in [-0.15, -0.1) is 0 Å². The number of nitrogens with zero attached hydrogens (tertiary/aromatic N) is 5. The normalized spacial score (nSPS) is 16.0. The van der Waals surface area contributed by atoms with Crippen LogP contribution < -0.4 is 5.56 Å². The van der Waals surface area contributed by atoms with Crippen molar-refractivity contribution in [3.63, 3.8) is 0 Å². The molecule has 1 aliphatic heterocycles. The van der Waals surface area contributed by atoms with Gasteiger partial charge in [0.2, 0.25) is 0 Å². The molecule has 8 heteroatoms. The second-order valence-electron chi connectivity index (χ2n) is 7.63. The van der Waals surface area contributed by atoms with Crippen molar-refractivity contribution in [1.29, 1.82) is 0 Å². The molecule has 1 amide bonds. The fourth-order valence-electron chi connectivity index (χ4n) is 2.96. The number of amides is 1. The fraction of sp³-hybridized carbons (Fsp3) is 0.556. The van der Waals surface area contributed by atoms with Crippen molar-refractivity contribution in [2.24, 2.45) is 0 Å². The van der Waals surface area contributed by atoms with Crippen molar-refractivity contribution in [3.8, 4) is 0 Å². The van der Waals surface area contributed by atoms with Gasteiger partial charge in [-0.2, -0.15) is 5.10 Å². The van der Waals surface area contributed by atoms with E-state index in [4.69, 9.17) is 0 Å². The number of imidazole rings is 1. The summed E-state index contributed by atoms with van der Waals surface area (Å²) in [4.78, 5) is 35.2. The van der Waals surface area contributed by atoms with Gasteiger partial charge >= 0.3 is 0 Å². The first-order valence-corrected chi connectivity index (χ1v) is 8.93. The monoisotopic (exact) mass is 358 g/mol. The van der Waals surface area contributed by atoms with Crippen LogP contribution in [0, 0.1) is 0 Å². The Hall–Kier alpha value is -2.48. The third kappa shape index (κ3) is 4.19. The Morgan fingerprint density at radius 1 is 1.15 bits per heavy atom. The average Bonchev–Trinajstić information content (AvgIpc) is 3.14. The third-order valence-electron chi connectivity index (χ3n) is 4.65. The summed E-state index contributed by atoms with van der Waals surface area (Å²) in [6.07, 6.45) is 3.06. The maximum atomic E-state index is 12.3. The van der Waals surface area contributed by atoms with Crippen molar-refractivity contribution >= 4 is 5.91 Å². The summed E-state index contributed by atoms with van der Waals surface area (Å²) < 4.78 is 1.54. The van der Waals surface area contributed by atoms with Crippen LogP contribution in [0.2, 0.25) is 0 Å². The van der Waals surface area contributed by atoms with E-state index >= 15 is 0 Å². The molecule has 0 atom stereocenters. The smallest absolute Gasteiger partial charge is 0.272 e. The number of rotatable bonds is 4. The minimum absolute atomic E-state index is 0.0158. The molecule has 0 unspecified atom stereocenters. The summed E-state index contributed by atoms with van der Waals surface area (Å²) in [6, 6.07) is 3.40. The Bertz CT molecular complexity index is 798. The molecule has 2 aromatic heterocycles. The van der Waals surface area contributed by atoms with Crippen molar-refractivity contribution in [1.82, 2.24) is 29.5 Å². The number of carbonyl (C=O) groups excluding carboxylic acids is 1. The lowest BCUT2D eigenvalue weighted by Crippen LogP contribution is -2.49. The van der Waals surface area contributed by atoms with Gasteiger partial charge in [0, 0.05) is 44.2 Å². The molecular weight excluding hydrogens is 332 g/mol. The molecule has 1 fully saturated rings. The summed E-state index contributed by atoms with van der Waals surface area (Å²) in [7, 11) is 0. The minimum Gasteiger partial charge on any atom is -0.341 e. The molecule has 0 radical (unpaired) electrons. The fourth-order valence-corrected chi connectivity index (χ4v) is 2.96. The maximum Gasteiger partial charge on any atom is 0.272 e. The lowest BCUT2D eigenvalue weighted by Gasteiger charge is -2.34. The molecule has 1 saturated heterocycles. The van der Waals surface area contributed by atoms with Crippen LogP contribution in [0.4, 0.5) is 0 Å². The number of piperazine rings is 1. The van der Waals surface area contributed by atoms with Crippen molar-refractivity contribution in [2.75, 3.05) is 32.7 Å². The molecule has 140 valence electrons. The average molecular weight is 358 g/mol. The summed E-state index contributed by atoms with van der Waals surface area (Å²) in [6.45, 7) is 10.5. The van der Waals surface area contributed by atoms with Gasteiger partial charge in [-0.1, -0.05) is 20.8 Å². The zero-order valence-corrected chi connectivity index (χ0v) is 15.6. The van der Waals surface area contributed by atoms with Gasteiger partial charge in [0.15, 0.2) is 0 Å². The van der Waals surface area contributed by atoms with Crippen molar-refractivity contribution < 1.29 is 4.79 Å². The van der Waals surface area contributed by atoms with Crippen molar-refractivity contribution in [2.45, 2.75) is 32.7 Å². The molecule has 3 rings (SSSR count). The first-order chi connectivity index (χ1) is 12.3. The number of aromatic nitrogens is 4. The quantitative estimate of drug-likeness (QED) is 0.870. The molecule has 3 heterocycles. The Morgan fingerprint density at radius 2 is 1.88 bits per heavy atom. The molecule has 1 aliphatic rings. The first kappa shape index (κ1) is 18.3. The summed E-state index contributed by atoms with van der Waals surface area (Å²) in [5.41, 5.74) is 1.26.